The maximum atomic E-state index is 13.5. The van der Waals surface area contributed by atoms with Crippen molar-refractivity contribution in [2.45, 2.75) is 32.7 Å². The van der Waals surface area contributed by atoms with E-state index < -0.39 is 5.82 Å². The Labute approximate surface area is 101 Å². The SMILES string of the molecule is CCCC(C)NC(=O)c1cccc(F)c1NC. The van der Waals surface area contributed by atoms with Gasteiger partial charge in [0, 0.05) is 13.1 Å². The number of nitrogens with one attached hydrogen (secondary N) is 2. The molecule has 1 rings (SSSR count). The molecule has 0 aromatic heterocycles. The molecule has 4 heteroatoms. The fraction of sp³-hybridized carbons (Fsp3) is 0.462. The van der Waals surface area contributed by atoms with Crippen LogP contribution in [0.1, 0.15) is 37.0 Å². The highest BCUT2D eigenvalue weighted by molar-refractivity contribution is 5.99. The molecule has 0 aliphatic carbocycles. The van der Waals surface area contributed by atoms with E-state index in [4.69, 9.17) is 0 Å². The van der Waals surface area contributed by atoms with Crippen molar-refractivity contribution < 1.29 is 9.18 Å². The van der Waals surface area contributed by atoms with E-state index in [-0.39, 0.29) is 17.6 Å². The van der Waals surface area contributed by atoms with Crippen molar-refractivity contribution in [1.82, 2.24) is 5.32 Å². The van der Waals surface area contributed by atoms with Gasteiger partial charge in [0.15, 0.2) is 0 Å². The first-order valence-electron chi connectivity index (χ1n) is 5.87. The van der Waals surface area contributed by atoms with E-state index >= 15 is 0 Å². The number of anilines is 1. The first-order valence-corrected chi connectivity index (χ1v) is 5.87. The van der Waals surface area contributed by atoms with Crippen LogP contribution in [-0.4, -0.2) is 19.0 Å². The fourth-order valence-corrected chi connectivity index (χ4v) is 1.77. The van der Waals surface area contributed by atoms with Crippen molar-refractivity contribution in [3.63, 3.8) is 0 Å². The van der Waals surface area contributed by atoms with Gasteiger partial charge in [-0.15, -0.1) is 0 Å². The van der Waals surface area contributed by atoms with Crippen molar-refractivity contribution in [3.8, 4) is 0 Å². The van der Waals surface area contributed by atoms with Crippen LogP contribution in [0.4, 0.5) is 10.1 Å². The molecular weight excluding hydrogens is 219 g/mol. The van der Waals surface area contributed by atoms with Gasteiger partial charge in [0.1, 0.15) is 5.82 Å². The van der Waals surface area contributed by atoms with Crippen LogP contribution in [0.5, 0.6) is 0 Å². The second-order valence-corrected chi connectivity index (χ2v) is 4.08. The quantitative estimate of drug-likeness (QED) is 0.828. The van der Waals surface area contributed by atoms with Crippen LogP contribution in [0.25, 0.3) is 0 Å². The summed E-state index contributed by atoms with van der Waals surface area (Å²) < 4.78 is 13.5. The summed E-state index contributed by atoms with van der Waals surface area (Å²) in [6.07, 6.45) is 1.92. The number of carbonyl (C=O) groups excluding carboxylic acids is 1. The summed E-state index contributed by atoms with van der Waals surface area (Å²) in [4.78, 5) is 11.9. The van der Waals surface area contributed by atoms with Gasteiger partial charge in [-0.25, -0.2) is 4.39 Å². The lowest BCUT2D eigenvalue weighted by Gasteiger charge is -2.15. The molecule has 0 bridgehead atoms. The van der Waals surface area contributed by atoms with Crippen molar-refractivity contribution in [2.75, 3.05) is 12.4 Å². The van der Waals surface area contributed by atoms with Gasteiger partial charge in [-0.3, -0.25) is 4.79 Å². The standard InChI is InChI=1S/C13H19FN2O/c1-4-6-9(2)16-13(17)10-7-5-8-11(14)12(10)15-3/h5,7-9,15H,4,6H2,1-3H3,(H,16,17). The molecule has 1 amide bonds. The minimum atomic E-state index is -0.414. The van der Waals surface area contributed by atoms with Crippen molar-refractivity contribution in [1.29, 1.82) is 0 Å². The average Bonchev–Trinajstić information content (AvgIpc) is 2.28. The summed E-state index contributed by atoms with van der Waals surface area (Å²) in [6.45, 7) is 4.00. The normalized spacial score (nSPS) is 12.0. The van der Waals surface area contributed by atoms with Crippen LogP contribution >= 0.6 is 0 Å². The van der Waals surface area contributed by atoms with Gasteiger partial charge in [0.25, 0.3) is 5.91 Å². The predicted molar refractivity (Wildman–Crippen MR) is 67.8 cm³/mol. The lowest BCUT2D eigenvalue weighted by molar-refractivity contribution is 0.0939. The third-order valence-corrected chi connectivity index (χ3v) is 2.61. The molecular formula is C13H19FN2O. The Morgan fingerprint density at radius 1 is 1.47 bits per heavy atom. The minimum Gasteiger partial charge on any atom is -0.385 e. The lowest BCUT2D eigenvalue weighted by atomic mass is 10.1. The predicted octanol–water partition coefficient (Wildman–Crippen LogP) is 2.79. The first kappa shape index (κ1) is 13.5. The number of hydrogen-bond acceptors (Lipinski definition) is 2. The maximum Gasteiger partial charge on any atom is 0.253 e. The van der Waals surface area contributed by atoms with Crippen LogP contribution in [0.2, 0.25) is 0 Å². The maximum absolute atomic E-state index is 13.5. The van der Waals surface area contributed by atoms with Crippen molar-refractivity contribution in [2.24, 2.45) is 0 Å². The number of carbonyl (C=O) groups is 1. The minimum absolute atomic E-state index is 0.0977. The van der Waals surface area contributed by atoms with Crippen LogP contribution in [0, 0.1) is 5.82 Å². The summed E-state index contributed by atoms with van der Waals surface area (Å²) in [6, 6.07) is 4.58. The molecule has 0 fully saturated rings. The summed E-state index contributed by atoms with van der Waals surface area (Å²) in [5, 5.41) is 5.57. The lowest BCUT2D eigenvalue weighted by Crippen LogP contribution is -2.32. The number of amides is 1. The molecule has 0 heterocycles. The Hall–Kier alpha value is -1.58. The van der Waals surface area contributed by atoms with Crippen LogP contribution in [0.15, 0.2) is 18.2 Å². The van der Waals surface area contributed by atoms with Gasteiger partial charge >= 0.3 is 0 Å². The molecule has 17 heavy (non-hydrogen) atoms. The number of hydrogen-bond donors (Lipinski definition) is 2. The number of para-hydroxylation sites is 1. The Morgan fingerprint density at radius 2 is 2.18 bits per heavy atom. The summed E-state index contributed by atoms with van der Waals surface area (Å²) >= 11 is 0. The van der Waals surface area contributed by atoms with E-state index in [9.17, 15) is 9.18 Å². The van der Waals surface area contributed by atoms with Gasteiger partial charge in [-0.2, -0.15) is 0 Å². The monoisotopic (exact) mass is 238 g/mol. The molecule has 2 N–H and O–H groups in total. The topological polar surface area (TPSA) is 41.1 Å². The average molecular weight is 238 g/mol. The third-order valence-electron chi connectivity index (χ3n) is 2.61. The van der Waals surface area contributed by atoms with Crippen molar-refractivity contribution >= 4 is 11.6 Å². The largest absolute Gasteiger partial charge is 0.385 e. The molecule has 0 saturated carbocycles. The van der Waals surface area contributed by atoms with E-state index in [1.807, 2.05) is 6.92 Å². The fourth-order valence-electron chi connectivity index (χ4n) is 1.77. The molecule has 1 atom stereocenters. The summed E-state index contributed by atoms with van der Waals surface area (Å²) in [5.74, 6) is -0.655. The molecule has 0 radical (unpaired) electrons. The second-order valence-electron chi connectivity index (χ2n) is 4.08. The third kappa shape index (κ3) is 3.44. The van der Waals surface area contributed by atoms with Crippen LogP contribution in [0.3, 0.4) is 0 Å². The smallest absolute Gasteiger partial charge is 0.253 e. The molecule has 0 aliphatic rings. The van der Waals surface area contributed by atoms with Gasteiger partial charge < -0.3 is 10.6 Å². The Kier molecular flexibility index (Phi) is 4.94. The molecule has 1 unspecified atom stereocenters. The number of benzene rings is 1. The molecule has 0 spiro atoms. The molecule has 1 aromatic rings. The highest BCUT2D eigenvalue weighted by Crippen LogP contribution is 2.19. The van der Waals surface area contributed by atoms with E-state index in [1.165, 1.54) is 12.1 Å². The zero-order valence-corrected chi connectivity index (χ0v) is 10.5. The Bertz CT molecular complexity index is 393. The Morgan fingerprint density at radius 3 is 2.76 bits per heavy atom. The van der Waals surface area contributed by atoms with E-state index in [2.05, 4.69) is 17.6 Å². The van der Waals surface area contributed by atoms with Gasteiger partial charge in [-0.05, 0) is 25.5 Å². The van der Waals surface area contributed by atoms with Crippen LogP contribution < -0.4 is 10.6 Å². The second kappa shape index (κ2) is 6.23. The van der Waals surface area contributed by atoms with Crippen LogP contribution in [-0.2, 0) is 0 Å². The summed E-state index contributed by atoms with van der Waals surface area (Å²) in [7, 11) is 1.60. The number of halogens is 1. The zero-order chi connectivity index (χ0) is 12.8. The van der Waals surface area contributed by atoms with Gasteiger partial charge in [0.05, 0.1) is 11.3 Å². The van der Waals surface area contributed by atoms with Crippen molar-refractivity contribution in [3.05, 3.63) is 29.6 Å². The molecule has 0 saturated heterocycles. The molecule has 0 aliphatic heterocycles. The Balaban J connectivity index is 2.85. The van der Waals surface area contributed by atoms with Gasteiger partial charge in [0.2, 0.25) is 0 Å². The zero-order valence-electron chi connectivity index (χ0n) is 10.5. The van der Waals surface area contributed by atoms with E-state index in [0.29, 0.717) is 5.56 Å². The summed E-state index contributed by atoms with van der Waals surface area (Å²) in [5.41, 5.74) is 0.587. The molecule has 94 valence electrons. The molecule has 3 nitrogen and oxygen atoms in total. The van der Waals surface area contributed by atoms with E-state index in [1.54, 1.807) is 13.1 Å². The van der Waals surface area contributed by atoms with Gasteiger partial charge in [-0.1, -0.05) is 19.4 Å². The highest BCUT2D eigenvalue weighted by atomic mass is 19.1. The molecule has 1 aromatic carbocycles. The number of rotatable bonds is 5. The van der Waals surface area contributed by atoms with E-state index in [0.717, 1.165) is 12.8 Å². The first-order chi connectivity index (χ1) is 8.10. The highest BCUT2D eigenvalue weighted by Gasteiger charge is 2.15.